The fourth-order valence-corrected chi connectivity index (χ4v) is 4.92. The number of nitrogens with one attached hydrogen (secondary N) is 3. The van der Waals surface area contributed by atoms with E-state index in [4.69, 9.17) is 0 Å². The predicted octanol–water partition coefficient (Wildman–Crippen LogP) is 0.639. The Morgan fingerprint density at radius 2 is 1.83 bits per heavy atom. The number of carbonyl (C=O) groups is 3. The van der Waals surface area contributed by atoms with E-state index in [1.807, 2.05) is 0 Å². The Bertz CT molecular complexity index is 560. The van der Waals surface area contributed by atoms with Gasteiger partial charge in [0.15, 0.2) is 0 Å². The van der Waals surface area contributed by atoms with Gasteiger partial charge in [0.25, 0.3) is 5.91 Å². The number of fused-ring (bicyclic) bond motifs is 2. The smallest absolute Gasteiger partial charge is 0.325 e. The highest BCUT2D eigenvalue weighted by molar-refractivity contribution is 6.09. The van der Waals surface area contributed by atoms with Gasteiger partial charge in [-0.15, -0.1) is 0 Å². The molecule has 0 aromatic heterocycles. The van der Waals surface area contributed by atoms with E-state index < -0.39 is 17.6 Å². The average Bonchev–Trinajstić information content (AvgIpc) is 3.20. The second kappa shape index (κ2) is 5.72. The maximum absolute atomic E-state index is 12.7. The van der Waals surface area contributed by atoms with Crippen molar-refractivity contribution in [2.45, 2.75) is 88.0 Å². The normalized spacial score (nSPS) is 35.4. The molecule has 24 heavy (non-hydrogen) atoms. The van der Waals surface area contributed by atoms with Crippen LogP contribution in [0.25, 0.3) is 0 Å². The second-order valence-corrected chi connectivity index (χ2v) is 7.89. The number of urea groups is 1. The van der Waals surface area contributed by atoms with E-state index in [0.29, 0.717) is 24.9 Å². The lowest BCUT2D eigenvalue weighted by molar-refractivity contribution is -0.138. The van der Waals surface area contributed by atoms with Crippen molar-refractivity contribution in [3.63, 3.8) is 0 Å². The summed E-state index contributed by atoms with van der Waals surface area (Å²) in [7, 11) is 0. The molecule has 0 aromatic rings. The summed E-state index contributed by atoms with van der Waals surface area (Å²) in [4.78, 5) is 38.8. The molecule has 2 bridgehead atoms. The summed E-state index contributed by atoms with van der Waals surface area (Å²) in [6.45, 7) is 1.65. The van der Waals surface area contributed by atoms with E-state index in [-0.39, 0.29) is 17.9 Å². The van der Waals surface area contributed by atoms with E-state index in [9.17, 15) is 14.4 Å². The molecule has 3 N–H and O–H groups in total. The van der Waals surface area contributed by atoms with E-state index in [1.54, 1.807) is 6.92 Å². The molecule has 4 amide bonds. The van der Waals surface area contributed by atoms with Crippen LogP contribution >= 0.6 is 0 Å². The van der Waals surface area contributed by atoms with E-state index >= 15 is 0 Å². The van der Waals surface area contributed by atoms with Crippen molar-refractivity contribution >= 4 is 17.8 Å². The Morgan fingerprint density at radius 3 is 2.46 bits per heavy atom. The third kappa shape index (κ3) is 2.49. The third-order valence-corrected chi connectivity index (χ3v) is 6.24. The van der Waals surface area contributed by atoms with Gasteiger partial charge in [0.2, 0.25) is 5.91 Å². The van der Waals surface area contributed by atoms with Crippen LogP contribution in [0.15, 0.2) is 0 Å². The number of hydrogen-bond donors (Lipinski definition) is 3. The molecule has 1 aliphatic carbocycles. The highest BCUT2D eigenvalue weighted by atomic mass is 16.2. The van der Waals surface area contributed by atoms with E-state index in [1.165, 1.54) is 12.8 Å². The molecule has 7 heteroatoms. The first kappa shape index (κ1) is 15.9. The van der Waals surface area contributed by atoms with Crippen LogP contribution in [0.4, 0.5) is 4.79 Å². The minimum absolute atomic E-state index is 0.139. The van der Waals surface area contributed by atoms with Gasteiger partial charge in [0, 0.05) is 18.1 Å². The van der Waals surface area contributed by atoms with Crippen LogP contribution in [0.3, 0.4) is 0 Å². The summed E-state index contributed by atoms with van der Waals surface area (Å²) in [6.07, 6.45) is 7.44. The molecule has 4 fully saturated rings. The summed E-state index contributed by atoms with van der Waals surface area (Å²) >= 11 is 0. The van der Waals surface area contributed by atoms with Crippen LogP contribution in [-0.4, -0.2) is 52.5 Å². The molecule has 3 atom stereocenters. The predicted molar refractivity (Wildman–Crippen MR) is 87.1 cm³/mol. The number of nitrogens with zero attached hydrogens (tertiary/aromatic N) is 1. The van der Waals surface area contributed by atoms with Crippen molar-refractivity contribution in [1.82, 2.24) is 20.9 Å². The van der Waals surface area contributed by atoms with Crippen molar-refractivity contribution in [2.24, 2.45) is 0 Å². The number of piperidine rings is 1. The minimum Gasteiger partial charge on any atom is -0.351 e. The minimum atomic E-state index is -0.759. The Labute approximate surface area is 141 Å². The van der Waals surface area contributed by atoms with E-state index in [2.05, 4.69) is 16.0 Å². The molecule has 1 spiro atoms. The second-order valence-electron chi connectivity index (χ2n) is 7.89. The van der Waals surface area contributed by atoms with Gasteiger partial charge in [-0.2, -0.15) is 0 Å². The van der Waals surface area contributed by atoms with Crippen LogP contribution in [0.5, 0.6) is 0 Å². The van der Waals surface area contributed by atoms with Crippen molar-refractivity contribution in [2.75, 3.05) is 0 Å². The Kier molecular flexibility index (Phi) is 3.78. The number of imide groups is 1. The van der Waals surface area contributed by atoms with Crippen molar-refractivity contribution in [3.05, 3.63) is 0 Å². The Hall–Kier alpha value is -1.63. The van der Waals surface area contributed by atoms with Crippen LogP contribution in [0.1, 0.15) is 58.3 Å². The standard InChI is InChI=1S/C17H26N4O3/c1-10(14(22)19-13-8-11-4-5-12(9-13)18-11)21-15(23)17(20-16(21)24)6-2-3-7-17/h10-13,18H,2-9H2,1H3,(H,19,22)(H,20,24). The summed E-state index contributed by atoms with van der Waals surface area (Å²) in [5.41, 5.74) is -0.751. The van der Waals surface area contributed by atoms with Crippen LogP contribution < -0.4 is 16.0 Å². The first-order chi connectivity index (χ1) is 11.5. The van der Waals surface area contributed by atoms with Gasteiger partial charge in [0.1, 0.15) is 11.6 Å². The zero-order valence-corrected chi connectivity index (χ0v) is 14.1. The van der Waals surface area contributed by atoms with Crippen LogP contribution in [-0.2, 0) is 9.59 Å². The summed E-state index contributed by atoms with van der Waals surface area (Å²) in [5.74, 6) is -0.446. The zero-order valence-electron chi connectivity index (χ0n) is 14.1. The van der Waals surface area contributed by atoms with Crippen molar-refractivity contribution in [3.8, 4) is 0 Å². The molecule has 0 radical (unpaired) electrons. The van der Waals surface area contributed by atoms with Gasteiger partial charge in [-0.05, 0) is 45.4 Å². The van der Waals surface area contributed by atoms with E-state index in [0.717, 1.165) is 30.6 Å². The third-order valence-electron chi connectivity index (χ3n) is 6.24. The maximum atomic E-state index is 12.7. The van der Waals surface area contributed by atoms with Crippen molar-refractivity contribution < 1.29 is 14.4 Å². The van der Waals surface area contributed by atoms with Gasteiger partial charge in [-0.3, -0.25) is 9.59 Å². The van der Waals surface area contributed by atoms with Gasteiger partial charge in [-0.25, -0.2) is 9.69 Å². The Balaban J connectivity index is 1.41. The highest BCUT2D eigenvalue weighted by Gasteiger charge is 2.54. The monoisotopic (exact) mass is 334 g/mol. The van der Waals surface area contributed by atoms with Crippen LogP contribution in [0, 0.1) is 0 Å². The number of hydrogen-bond acceptors (Lipinski definition) is 4. The van der Waals surface area contributed by atoms with Gasteiger partial charge >= 0.3 is 6.03 Å². The Morgan fingerprint density at radius 1 is 1.21 bits per heavy atom. The average molecular weight is 334 g/mol. The first-order valence-electron chi connectivity index (χ1n) is 9.21. The number of amides is 4. The molecule has 3 unspecified atom stereocenters. The molecule has 3 saturated heterocycles. The molecule has 3 aliphatic heterocycles. The topological polar surface area (TPSA) is 90.5 Å². The lowest BCUT2D eigenvalue weighted by atomic mass is 9.97. The largest absolute Gasteiger partial charge is 0.351 e. The van der Waals surface area contributed by atoms with Gasteiger partial charge < -0.3 is 16.0 Å². The molecular formula is C17H26N4O3. The molecule has 4 aliphatic rings. The van der Waals surface area contributed by atoms with Gasteiger partial charge in [0.05, 0.1) is 0 Å². The molecule has 4 rings (SSSR count). The molecule has 1 saturated carbocycles. The SMILES string of the molecule is CC(C(=O)NC1CC2CCC(C1)N2)N1C(=O)NC2(CCCC2)C1=O. The summed E-state index contributed by atoms with van der Waals surface area (Å²) < 4.78 is 0. The lowest BCUT2D eigenvalue weighted by Gasteiger charge is -2.31. The van der Waals surface area contributed by atoms with Gasteiger partial charge in [-0.1, -0.05) is 12.8 Å². The molecule has 3 heterocycles. The maximum Gasteiger partial charge on any atom is 0.325 e. The quantitative estimate of drug-likeness (QED) is 0.661. The highest BCUT2D eigenvalue weighted by Crippen LogP contribution is 2.36. The summed E-state index contributed by atoms with van der Waals surface area (Å²) in [6, 6.07) is -0.0643. The number of carbonyl (C=O) groups excluding carboxylic acids is 3. The summed E-state index contributed by atoms with van der Waals surface area (Å²) in [5, 5.41) is 9.45. The van der Waals surface area contributed by atoms with Crippen molar-refractivity contribution in [1.29, 1.82) is 0 Å². The lowest BCUT2D eigenvalue weighted by Crippen LogP contribution is -2.54. The van der Waals surface area contributed by atoms with Crippen LogP contribution in [0.2, 0.25) is 0 Å². The molecule has 0 aromatic carbocycles. The fraction of sp³-hybridized carbons (Fsp3) is 0.824. The zero-order chi connectivity index (χ0) is 16.9. The molecule has 132 valence electrons. The molecule has 7 nitrogen and oxygen atoms in total. The fourth-order valence-electron chi connectivity index (χ4n) is 4.92. The molecular weight excluding hydrogens is 308 g/mol. The number of rotatable bonds is 3. The first-order valence-corrected chi connectivity index (χ1v) is 9.21.